The van der Waals surface area contributed by atoms with Crippen LogP contribution in [0.5, 0.6) is 5.75 Å². The first-order valence-corrected chi connectivity index (χ1v) is 7.12. The van der Waals surface area contributed by atoms with Crippen molar-refractivity contribution in [2.75, 3.05) is 52.1 Å². The second kappa shape index (κ2) is 8.84. The maximum absolute atomic E-state index is 8.82. The Hall–Kier alpha value is -1.34. The number of nitrogens with one attached hydrogen (secondary N) is 1. The van der Waals surface area contributed by atoms with Crippen molar-refractivity contribution >= 4 is 5.69 Å². The molecule has 0 aliphatic carbocycles. The summed E-state index contributed by atoms with van der Waals surface area (Å²) in [5, 5.41) is 12.2. The van der Waals surface area contributed by atoms with Gasteiger partial charge in [-0.2, -0.15) is 0 Å². The summed E-state index contributed by atoms with van der Waals surface area (Å²) in [5.74, 6) is 0.811. The third-order valence-corrected chi connectivity index (χ3v) is 3.27. The van der Waals surface area contributed by atoms with E-state index in [0.717, 1.165) is 11.4 Å². The molecule has 0 saturated carbocycles. The maximum atomic E-state index is 8.82. The molecular weight excluding hydrogens is 274 g/mol. The molecule has 1 aliphatic heterocycles. The molecule has 0 bridgehead atoms. The molecule has 0 radical (unpaired) electrons. The van der Waals surface area contributed by atoms with Crippen molar-refractivity contribution in [2.45, 2.75) is 12.1 Å². The topological polar surface area (TPSA) is 69.2 Å². The van der Waals surface area contributed by atoms with Crippen LogP contribution in [0.4, 0.5) is 5.69 Å². The van der Waals surface area contributed by atoms with Gasteiger partial charge in [-0.05, 0) is 24.3 Å². The predicted octanol–water partition coefficient (Wildman–Crippen LogP) is 0.900. The van der Waals surface area contributed by atoms with Crippen LogP contribution in [0.2, 0.25) is 0 Å². The molecule has 2 unspecified atom stereocenters. The van der Waals surface area contributed by atoms with Crippen molar-refractivity contribution in [3.05, 3.63) is 24.3 Å². The van der Waals surface area contributed by atoms with Gasteiger partial charge in [0, 0.05) is 5.69 Å². The van der Waals surface area contributed by atoms with E-state index >= 15 is 0 Å². The standard InChI is InChI=1S/C15H23NO5/c1-18-13-4-2-12(3-5-13)16-14(10-19-7-6-17)15-11-20-8-9-21-15/h2-5,14-17H,6-11H2,1H3. The van der Waals surface area contributed by atoms with Crippen molar-refractivity contribution in [1.82, 2.24) is 0 Å². The van der Waals surface area contributed by atoms with Crippen LogP contribution in [-0.4, -0.2) is 64.0 Å². The second-order valence-corrected chi connectivity index (χ2v) is 4.76. The smallest absolute Gasteiger partial charge is 0.119 e. The summed E-state index contributed by atoms with van der Waals surface area (Å²) in [6.45, 7) is 2.53. The minimum Gasteiger partial charge on any atom is -0.497 e. The third-order valence-electron chi connectivity index (χ3n) is 3.27. The van der Waals surface area contributed by atoms with Crippen molar-refractivity contribution in [3.63, 3.8) is 0 Å². The van der Waals surface area contributed by atoms with Crippen molar-refractivity contribution in [2.24, 2.45) is 0 Å². The van der Waals surface area contributed by atoms with E-state index in [-0.39, 0.29) is 18.8 Å². The fourth-order valence-corrected chi connectivity index (χ4v) is 2.16. The van der Waals surface area contributed by atoms with Gasteiger partial charge in [-0.25, -0.2) is 0 Å². The van der Waals surface area contributed by atoms with Gasteiger partial charge in [0.15, 0.2) is 0 Å². The molecule has 2 atom stereocenters. The fraction of sp³-hybridized carbons (Fsp3) is 0.600. The van der Waals surface area contributed by atoms with Crippen LogP contribution >= 0.6 is 0 Å². The molecule has 1 aliphatic rings. The molecule has 1 aromatic rings. The van der Waals surface area contributed by atoms with E-state index in [1.165, 1.54) is 0 Å². The minimum absolute atomic E-state index is 0.0112. The Labute approximate surface area is 125 Å². The highest BCUT2D eigenvalue weighted by Gasteiger charge is 2.25. The van der Waals surface area contributed by atoms with Crippen LogP contribution < -0.4 is 10.1 Å². The van der Waals surface area contributed by atoms with Crippen LogP contribution in [0.1, 0.15) is 0 Å². The molecule has 2 rings (SSSR count). The molecule has 1 saturated heterocycles. The molecule has 2 N–H and O–H groups in total. The van der Waals surface area contributed by atoms with Crippen molar-refractivity contribution in [1.29, 1.82) is 0 Å². The van der Waals surface area contributed by atoms with Gasteiger partial charge in [0.25, 0.3) is 0 Å². The van der Waals surface area contributed by atoms with Gasteiger partial charge in [-0.1, -0.05) is 0 Å². The van der Waals surface area contributed by atoms with Gasteiger partial charge in [-0.3, -0.25) is 0 Å². The van der Waals surface area contributed by atoms with Crippen LogP contribution in [0.3, 0.4) is 0 Å². The van der Waals surface area contributed by atoms with Crippen molar-refractivity contribution < 1.29 is 24.1 Å². The molecule has 21 heavy (non-hydrogen) atoms. The summed E-state index contributed by atoms with van der Waals surface area (Å²) >= 11 is 0. The number of benzene rings is 1. The lowest BCUT2D eigenvalue weighted by Crippen LogP contribution is -2.45. The summed E-state index contributed by atoms with van der Waals surface area (Å²) < 4.78 is 21.8. The lowest BCUT2D eigenvalue weighted by Gasteiger charge is -2.31. The summed E-state index contributed by atoms with van der Waals surface area (Å²) in [6, 6.07) is 7.65. The summed E-state index contributed by atoms with van der Waals surface area (Å²) in [6.07, 6.45) is -0.0699. The molecule has 1 fully saturated rings. The lowest BCUT2D eigenvalue weighted by molar-refractivity contribution is -0.102. The van der Waals surface area contributed by atoms with Crippen LogP contribution in [0.15, 0.2) is 24.3 Å². The van der Waals surface area contributed by atoms with Gasteiger partial charge in [0.05, 0.1) is 52.8 Å². The fourth-order valence-electron chi connectivity index (χ4n) is 2.16. The monoisotopic (exact) mass is 297 g/mol. The first-order valence-electron chi connectivity index (χ1n) is 7.12. The Morgan fingerprint density at radius 1 is 1.33 bits per heavy atom. The van der Waals surface area contributed by atoms with Gasteiger partial charge >= 0.3 is 0 Å². The van der Waals surface area contributed by atoms with Gasteiger partial charge in [-0.15, -0.1) is 0 Å². The van der Waals surface area contributed by atoms with Crippen LogP contribution in [0.25, 0.3) is 0 Å². The van der Waals surface area contributed by atoms with Gasteiger partial charge in [0.1, 0.15) is 11.9 Å². The van der Waals surface area contributed by atoms with E-state index in [1.54, 1.807) is 7.11 Å². The quantitative estimate of drug-likeness (QED) is 0.695. The van der Waals surface area contributed by atoms with Crippen LogP contribution in [-0.2, 0) is 14.2 Å². The SMILES string of the molecule is COc1ccc(NC(COCCO)C2COCCO2)cc1. The predicted molar refractivity (Wildman–Crippen MR) is 78.9 cm³/mol. The summed E-state index contributed by atoms with van der Waals surface area (Å²) in [7, 11) is 1.64. The average Bonchev–Trinajstić information content (AvgIpc) is 2.55. The lowest BCUT2D eigenvalue weighted by atomic mass is 10.1. The summed E-state index contributed by atoms with van der Waals surface area (Å²) in [4.78, 5) is 0. The summed E-state index contributed by atoms with van der Waals surface area (Å²) in [5.41, 5.74) is 0.961. The third kappa shape index (κ3) is 5.17. The van der Waals surface area contributed by atoms with E-state index in [4.69, 9.17) is 24.1 Å². The molecule has 6 heteroatoms. The van der Waals surface area contributed by atoms with Gasteiger partial charge in [0.2, 0.25) is 0 Å². The zero-order chi connectivity index (χ0) is 14.9. The second-order valence-electron chi connectivity index (χ2n) is 4.76. The molecular formula is C15H23NO5. The Kier molecular flexibility index (Phi) is 6.75. The number of ether oxygens (including phenoxy) is 4. The molecule has 0 spiro atoms. The highest BCUT2D eigenvalue weighted by Crippen LogP contribution is 2.18. The Morgan fingerprint density at radius 3 is 2.76 bits per heavy atom. The molecule has 0 aromatic heterocycles. The largest absolute Gasteiger partial charge is 0.497 e. The first-order chi connectivity index (χ1) is 10.3. The number of aliphatic hydroxyl groups excluding tert-OH is 1. The zero-order valence-electron chi connectivity index (χ0n) is 12.3. The number of anilines is 1. The Morgan fingerprint density at radius 2 is 2.14 bits per heavy atom. The van der Waals surface area contributed by atoms with E-state index in [9.17, 15) is 0 Å². The molecule has 1 aromatic carbocycles. The number of methoxy groups -OCH3 is 1. The number of aliphatic hydroxyl groups is 1. The molecule has 0 amide bonds. The average molecular weight is 297 g/mol. The molecule has 118 valence electrons. The van der Waals surface area contributed by atoms with Gasteiger partial charge < -0.3 is 29.4 Å². The molecule has 1 heterocycles. The number of hydrogen-bond acceptors (Lipinski definition) is 6. The first kappa shape index (κ1) is 16.0. The highest BCUT2D eigenvalue weighted by molar-refractivity contribution is 5.47. The number of hydrogen-bond donors (Lipinski definition) is 2. The minimum atomic E-state index is -0.0699. The molecule has 6 nitrogen and oxygen atoms in total. The van der Waals surface area contributed by atoms with E-state index in [1.807, 2.05) is 24.3 Å². The Bertz CT molecular complexity index is 392. The maximum Gasteiger partial charge on any atom is 0.119 e. The van der Waals surface area contributed by atoms with Crippen molar-refractivity contribution in [3.8, 4) is 5.75 Å². The van der Waals surface area contributed by atoms with E-state index < -0.39 is 0 Å². The van der Waals surface area contributed by atoms with E-state index in [2.05, 4.69) is 5.32 Å². The van der Waals surface area contributed by atoms with E-state index in [0.29, 0.717) is 33.0 Å². The number of rotatable bonds is 8. The normalized spacial score (nSPS) is 20.0. The zero-order valence-corrected chi connectivity index (χ0v) is 12.3. The highest BCUT2D eigenvalue weighted by atomic mass is 16.6. The Balaban J connectivity index is 1.95. The van der Waals surface area contributed by atoms with Crippen LogP contribution in [0, 0.1) is 0 Å².